The number of fused-ring (bicyclic) bond motifs is 1. The topological polar surface area (TPSA) is 54.7 Å². The average Bonchev–Trinajstić information content (AvgIpc) is 3.11. The number of ether oxygens (including phenoxy) is 1. The summed E-state index contributed by atoms with van der Waals surface area (Å²) in [7, 11) is 5.74. The molecule has 0 aliphatic rings. The Labute approximate surface area is 150 Å². The van der Waals surface area contributed by atoms with E-state index in [1.807, 2.05) is 12.1 Å². The van der Waals surface area contributed by atoms with Crippen molar-refractivity contribution in [2.24, 2.45) is 0 Å². The Morgan fingerprint density at radius 1 is 1.28 bits per heavy atom. The first-order valence-corrected chi connectivity index (χ1v) is 8.98. The molecule has 1 aromatic carbocycles. The highest BCUT2D eigenvalue weighted by Gasteiger charge is 2.15. The minimum absolute atomic E-state index is 0.298. The number of nitrogens with one attached hydrogen (secondary N) is 1. The highest BCUT2D eigenvalue weighted by molar-refractivity contribution is 7.10. The van der Waals surface area contributed by atoms with Crippen molar-refractivity contribution in [2.45, 2.75) is 12.6 Å². The third-order valence-corrected chi connectivity index (χ3v) is 5.16. The van der Waals surface area contributed by atoms with Gasteiger partial charge < -0.3 is 19.4 Å². The van der Waals surface area contributed by atoms with Gasteiger partial charge in [-0.2, -0.15) is 0 Å². The minimum Gasteiger partial charge on any atom is -0.497 e. The first-order valence-electron chi connectivity index (χ1n) is 8.10. The van der Waals surface area contributed by atoms with Crippen LogP contribution < -0.4 is 15.7 Å². The number of rotatable bonds is 7. The van der Waals surface area contributed by atoms with Crippen molar-refractivity contribution in [3.05, 3.63) is 62.6 Å². The summed E-state index contributed by atoms with van der Waals surface area (Å²) in [6.07, 6.45) is 0. The monoisotopic (exact) mass is 358 g/mol. The minimum atomic E-state index is -0.347. The average molecular weight is 358 g/mol. The van der Waals surface area contributed by atoms with E-state index in [9.17, 15) is 4.79 Å². The smallest absolute Gasteiger partial charge is 0.336 e. The molecule has 25 heavy (non-hydrogen) atoms. The van der Waals surface area contributed by atoms with Gasteiger partial charge in [-0.15, -0.1) is 11.3 Å². The first-order chi connectivity index (χ1) is 12.1. The highest BCUT2D eigenvalue weighted by Crippen LogP contribution is 2.24. The Hall–Kier alpha value is -2.15. The van der Waals surface area contributed by atoms with Gasteiger partial charge in [0, 0.05) is 35.5 Å². The molecule has 6 heteroatoms. The van der Waals surface area contributed by atoms with E-state index < -0.39 is 0 Å². The fraction of sp³-hybridized carbons (Fsp3) is 0.316. The van der Waals surface area contributed by atoms with Crippen molar-refractivity contribution >= 4 is 22.3 Å². The van der Waals surface area contributed by atoms with Gasteiger partial charge in [-0.1, -0.05) is 6.07 Å². The van der Waals surface area contributed by atoms with Crippen LogP contribution in [0.2, 0.25) is 0 Å². The summed E-state index contributed by atoms with van der Waals surface area (Å²) in [6.45, 7) is 1.40. The van der Waals surface area contributed by atoms with Crippen molar-refractivity contribution in [3.63, 3.8) is 0 Å². The lowest BCUT2D eigenvalue weighted by Crippen LogP contribution is -2.30. The summed E-state index contributed by atoms with van der Waals surface area (Å²) in [5, 5.41) is 6.49. The van der Waals surface area contributed by atoms with Crippen LogP contribution in [0.4, 0.5) is 0 Å². The number of hydrogen-bond donors (Lipinski definition) is 1. The number of methoxy groups -OCH3 is 1. The second-order valence-corrected chi connectivity index (χ2v) is 7.06. The van der Waals surface area contributed by atoms with Crippen molar-refractivity contribution in [1.82, 2.24) is 10.2 Å². The van der Waals surface area contributed by atoms with Crippen LogP contribution in [-0.2, 0) is 6.54 Å². The fourth-order valence-electron chi connectivity index (χ4n) is 2.85. The molecule has 5 nitrogen and oxygen atoms in total. The van der Waals surface area contributed by atoms with Crippen molar-refractivity contribution in [1.29, 1.82) is 0 Å². The lowest BCUT2D eigenvalue weighted by Gasteiger charge is -2.23. The molecule has 0 spiro atoms. The van der Waals surface area contributed by atoms with Crippen molar-refractivity contribution in [3.8, 4) is 5.75 Å². The van der Waals surface area contributed by atoms with E-state index in [0.29, 0.717) is 23.9 Å². The van der Waals surface area contributed by atoms with Gasteiger partial charge in [0.1, 0.15) is 11.3 Å². The van der Waals surface area contributed by atoms with Gasteiger partial charge >= 0.3 is 5.63 Å². The maximum absolute atomic E-state index is 11.9. The maximum Gasteiger partial charge on any atom is 0.336 e. The van der Waals surface area contributed by atoms with Crippen LogP contribution in [0.5, 0.6) is 5.75 Å². The molecule has 0 bridgehead atoms. The summed E-state index contributed by atoms with van der Waals surface area (Å²) < 4.78 is 10.5. The summed E-state index contributed by atoms with van der Waals surface area (Å²) >= 11 is 1.75. The second-order valence-electron chi connectivity index (χ2n) is 6.08. The molecule has 3 aromatic rings. The fourth-order valence-corrected chi connectivity index (χ4v) is 3.77. The van der Waals surface area contributed by atoms with Gasteiger partial charge in [0.05, 0.1) is 13.2 Å². The largest absolute Gasteiger partial charge is 0.497 e. The molecule has 1 N–H and O–H groups in total. The van der Waals surface area contributed by atoms with Crippen LogP contribution in [0, 0.1) is 0 Å². The summed E-state index contributed by atoms with van der Waals surface area (Å²) in [6, 6.07) is 11.6. The summed E-state index contributed by atoms with van der Waals surface area (Å²) in [5.41, 5.74) is 1.13. The molecule has 0 aliphatic carbocycles. The highest BCUT2D eigenvalue weighted by atomic mass is 32.1. The molecule has 0 fully saturated rings. The lowest BCUT2D eigenvalue weighted by molar-refractivity contribution is 0.292. The lowest BCUT2D eigenvalue weighted by atomic mass is 10.1. The van der Waals surface area contributed by atoms with E-state index in [-0.39, 0.29) is 5.63 Å². The Balaban J connectivity index is 1.77. The van der Waals surface area contributed by atoms with E-state index in [4.69, 9.17) is 9.15 Å². The molecular formula is C19H22N2O3S. The van der Waals surface area contributed by atoms with Gasteiger partial charge in [0.25, 0.3) is 0 Å². The standard InChI is InChI=1S/C19H22N2O3S/c1-21(2)16(18-5-4-8-25-18)12-20-11-13-9-19(22)24-17-10-14(23-3)6-7-15(13)17/h4-10,16,20H,11-12H2,1-3H3/t16-/m0/s1. The van der Waals surface area contributed by atoms with E-state index >= 15 is 0 Å². The van der Waals surface area contributed by atoms with Gasteiger partial charge in [-0.3, -0.25) is 0 Å². The van der Waals surface area contributed by atoms with Gasteiger partial charge in [0.15, 0.2) is 0 Å². The quantitative estimate of drug-likeness (QED) is 0.657. The first kappa shape index (κ1) is 17.7. The van der Waals surface area contributed by atoms with Gasteiger partial charge in [-0.25, -0.2) is 4.79 Å². The second kappa shape index (κ2) is 7.82. The Kier molecular flexibility index (Phi) is 5.53. The number of likely N-dealkylation sites (N-methyl/N-ethyl adjacent to an activating group) is 1. The van der Waals surface area contributed by atoms with E-state index in [1.165, 1.54) is 4.88 Å². The number of nitrogens with zero attached hydrogens (tertiary/aromatic N) is 1. The van der Waals surface area contributed by atoms with E-state index in [0.717, 1.165) is 17.5 Å². The molecule has 0 radical (unpaired) electrons. The normalized spacial score (nSPS) is 12.6. The SMILES string of the molecule is COc1ccc2c(CNC[C@@H](c3cccs3)N(C)C)cc(=O)oc2c1. The molecule has 132 valence electrons. The van der Waals surface area contributed by atoms with Crippen LogP contribution >= 0.6 is 11.3 Å². The zero-order valence-corrected chi connectivity index (χ0v) is 15.4. The third-order valence-electron chi connectivity index (χ3n) is 4.19. The zero-order valence-electron chi connectivity index (χ0n) is 14.6. The molecule has 1 atom stereocenters. The van der Waals surface area contributed by atoms with Gasteiger partial charge in [0.2, 0.25) is 0 Å². The molecule has 0 saturated heterocycles. The molecule has 0 saturated carbocycles. The molecule has 3 rings (SSSR count). The van der Waals surface area contributed by atoms with Crippen LogP contribution in [0.15, 0.2) is 51.0 Å². The van der Waals surface area contributed by atoms with Crippen LogP contribution in [0.3, 0.4) is 0 Å². The summed E-state index contributed by atoms with van der Waals surface area (Å²) in [5.74, 6) is 0.672. The Morgan fingerprint density at radius 2 is 2.12 bits per heavy atom. The third kappa shape index (κ3) is 4.10. The number of thiophene rings is 1. The maximum atomic E-state index is 11.9. The Morgan fingerprint density at radius 3 is 2.80 bits per heavy atom. The number of hydrogen-bond acceptors (Lipinski definition) is 6. The van der Waals surface area contributed by atoms with Crippen LogP contribution in [-0.4, -0.2) is 32.6 Å². The molecule has 0 amide bonds. The van der Waals surface area contributed by atoms with Crippen LogP contribution in [0.25, 0.3) is 11.0 Å². The predicted octanol–water partition coefficient (Wildman–Crippen LogP) is 3.26. The predicted molar refractivity (Wildman–Crippen MR) is 101 cm³/mol. The molecule has 2 heterocycles. The molecule has 0 unspecified atom stereocenters. The molecule has 2 aromatic heterocycles. The van der Waals surface area contributed by atoms with E-state index in [2.05, 4.69) is 41.8 Å². The number of benzene rings is 1. The zero-order chi connectivity index (χ0) is 17.8. The van der Waals surface area contributed by atoms with Crippen molar-refractivity contribution in [2.75, 3.05) is 27.7 Å². The summed E-state index contributed by atoms with van der Waals surface area (Å²) in [4.78, 5) is 15.4. The molecular weight excluding hydrogens is 336 g/mol. The van der Waals surface area contributed by atoms with E-state index in [1.54, 1.807) is 30.6 Å². The van der Waals surface area contributed by atoms with Gasteiger partial charge in [-0.05, 0) is 43.2 Å². The Bertz CT molecular complexity index is 887. The molecule has 0 aliphatic heterocycles. The van der Waals surface area contributed by atoms with Crippen LogP contribution in [0.1, 0.15) is 16.5 Å². The van der Waals surface area contributed by atoms with Crippen molar-refractivity contribution < 1.29 is 9.15 Å².